The third-order valence-corrected chi connectivity index (χ3v) is 4.97. The van der Waals surface area contributed by atoms with Gasteiger partial charge in [0.1, 0.15) is 5.60 Å². The molecule has 0 radical (unpaired) electrons. The highest BCUT2D eigenvalue weighted by Gasteiger charge is 2.31. The van der Waals surface area contributed by atoms with Crippen LogP contribution in [-0.2, 0) is 19.0 Å². The molecule has 1 atom stereocenters. The number of likely N-dealkylation sites (tertiary alicyclic amines) is 2. The van der Waals surface area contributed by atoms with Crippen LogP contribution in [0, 0.1) is 0 Å². The highest BCUT2D eigenvalue weighted by molar-refractivity contribution is 5.71. The van der Waals surface area contributed by atoms with E-state index in [2.05, 4.69) is 4.90 Å². The van der Waals surface area contributed by atoms with E-state index in [1.807, 2.05) is 32.6 Å². The monoisotopic (exact) mass is 384 g/mol. The number of piperidine rings is 2. The van der Waals surface area contributed by atoms with Crippen molar-refractivity contribution in [2.75, 3.05) is 39.4 Å². The van der Waals surface area contributed by atoms with Crippen molar-refractivity contribution in [1.82, 2.24) is 9.80 Å². The SMILES string of the molecule is CCOC(=O)CN1CCC(OCC2CCCCN2C(=O)OC(C)(C)C)CC1. The number of carbonyl (C=O) groups is 2. The number of nitrogens with zero attached hydrogens (tertiary/aromatic N) is 2. The van der Waals surface area contributed by atoms with Gasteiger partial charge in [-0.3, -0.25) is 9.69 Å². The van der Waals surface area contributed by atoms with Crippen LogP contribution in [0.1, 0.15) is 59.8 Å². The van der Waals surface area contributed by atoms with E-state index < -0.39 is 5.60 Å². The Hall–Kier alpha value is -1.34. The summed E-state index contributed by atoms with van der Waals surface area (Å²) in [5.74, 6) is -0.160. The summed E-state index contributed by atoms with van der Waals surface area (Å²) in [6.07, 6.45) is 4.84. The van der Waals surface area contributed by atoms with E-state index in [-0.39, 0.29) is 24.2 Å². The number of amides is 1. The van der Waals surface area contributed by atoms with Crippen LogP contribution >= 0.6 is 0 Å². The van der Waals surface area contributed by atoms with Gasteiger partial charge in [0.15, 0.2) is 0 Å². The summed E-state index contributed by atoms with van der Waals surface area (Å²) in [6.45, 7) is 11.3. The quantitative estimate of drug-likeness (QED) is 0.656. The maximum absolute atomic E-state index is 12.5. The fourth-order valence-corrected chi connectivity index (χ4v) is 3.61. The first-order chi connectivity index (χ1) is 12.8. The zero-order chi connectivity index (χ0) is 19.9. The first-order valence-corrected chi connectivity index (χ1v) is 10.3. The van der Waals surface area contributed by atoms with E-state index in [4.69, 9.17) is 14.2 Å². The molecule has 1 unspecified atom stereocenters. The molecule has 1 amide bonds. The molecule has 0 aliphatic carbocycles. The zero-order valence-corrected chi connectivity index (χ0v) is 17.4. The van der Waals surface area contributed by atoms with Crippen molar-refractivity contribution in [3.05, 3.63) is 0 Å². The molecule has 27 heavy (non-hydrogen) atoms. The molecule has 0 saturated carbocycles. The van der Waals surface area contributed by atoms with Crippen molar-refractivity contribution in [2.45, 2.75) is 77.5 Å². The Morgan fingerprint density at radius 3 is 2.37 bits per heavy atom. The fraction of sp³-hybridized carbons (Fsp3) is 0.900. The Kier molecular flexibility index (Phi) is 8.35. The molecule has 7 heteroatoms. The van der Waals surface area contributed by atoms with Crippen molar-refractivity contribution in [1.29, 1.82) is 0 Å². The molecule has 2 heterocycles. The Bertz CT molecular complexity index is 483. The largest absolute Gasteiger partial charge is 0.465 e. The lowest BCUT2D eigenvalue weighted by Crippen LogP contribution is -2.49. The van der Waals surface area contributed by atoms with Gasteiger partial charge in [-0.05, 0) is 59.8 Å². The number of ether oxygens (including phenoxy) is 3. The molecule has 0 N–H and O–H groups in total. The number of esters is 1. The van der Waals surface area contributed by atoms with Gasteiger partial charge >= 0.3 is 12.1 Å². The van der Waals surface area contributed by atoms with Crippen molar-refractivity contribution < 1.29 is 23.8 Å². The molecule has 2 fully saturated rings. The first kappa shape index (κ1) is 22.0. The second-order valence-corrected chi connectivity index (χ2v) is 8.44. The Morgan fingerprint density at radius 2 is 1.74 bits per heavy atom. The summed E-state index contributed by atoms with van der Waals surface area (Å²) in [7, 11) is 0. The van der Waals surface area contributed by atoms with Gasteiger partial charge in [-0.1, -0.05) is 0 Å². The second-order valence-electron chi connectivity index (χ2n) is 8.44. The van der Waals surface area contributed by atoms with Gasteiger partial charge in [-0.15, -0.1) is 0 Å². The van der Waals surface area contributed by atoms with Crippen LogP contribution in [0.2, 0.25) is 0 Å². The lowest BCUT2D eigenvalue weighted by molar-refractivity contribution is -0.145. The maximum Gasteiger partial charge on any atom is 0.410 e. The fourth-order valence-electron chi connectivity index (χ4n) is 3.61. The topological polar surface area (TPSA) is 68.3 Å². The lowest BCUT2D eigenvalue weighted by atomic mass is 10.0. The minimum absolute atomic E-state index is 0.0890. The third kappa shape index (κ3) is 7.66. The number of carbonyl (C=O) groups excluding carboxylic acids is 2. The Morgan fingerprint density at radius 1 is 1.04 bits per heavy atom. The highest BCUT2D eigenvalue weighted by Crippen LogP contribution is 2.22. The van der Waals surface area contributed by atoms with Gasteiger partial charge in [0.2, 0.25) is 0 Å². The molecule has 0 aromatic heterocycles. The Balaban J connectivity index is 1.75. The van der Waals surface area contributed by atoms with E-state index in [9.17, 15) is 9.59 Å². The first-order valence-electron chi connectivity index (χ1n) is 10.3. The van der Waals surface area contributed by atoms with Crippen LogP contribution in [0.5, 0.6) is 0 Å². The van der Waals surface area contributed by atoms with E-state index in [0.717, 1.165) is 51.7 Å². The molecule has 156 valence electrons. The molecule has 2 rings (SSSR count). The van der Waals surface area contributed by atoms with Crippen molar-refractivity contribution in [2.24, 2.45) is 0 Å². The molecule has 2 saturated heterocycles. The normalized spacial score (nSPS) is 22.5. The molecule has 7 nitrogen and oxygen atoms in total. The van der Waals surface area contributed by atoms with Gasteiger partial charge in [-0.25, -0.2) is 4.79 Å². The van der Waals surface area contributed by atoms with E-state index in [1.54, 1.807) is 0 Å². The molecular formula is C20H36N2O5. The van der Waals surface area contributed by atoms with Crippen LogP contribution in [0.15, 0.2) is 0 Å². The summed E-state index contributed by atoms with van der Waals surface area (Å²) in [4.78, 5) is 28.0. The molecule has 0 aromatic carbocycles. The minimum atomic E-state index is -0.480. The van der Waals surface area contributed by atoms with Crippen molar-refractivity contribution in [3.8, 4) is 0 Å². The smallest absolute Gasteiger partial charge is 0.410 e. The maximum atomic E-state index is 12.5. The van der Waals surface area contributed by atoms with Gasteiger partial charge < -0.3 is 19.1 Å². The summed E-state index contributed by atoms with van der Waals surface area (Å²) in [5.41, 5.74) is -0.480. The van der Waals surface area contributed by atoms with E-state index in [0.29, 0.717) is 19.8 Å². The second kappa shape index (κ2) is 10.3. The van der Waals surface area contributed by atoms with Crippen molar-refractivity contribution >= 4 is 12.1 Å². The summed E-state index contributed by atoms with van der Waals surface area (Å²) >= 11 is 0. The van der Waals surface area contributed by atoms with Crippen LogP contribution in [0.25, 0.3) is 0 Å². The Labute approximate surface area is 163 Å². The average Bonchev–Trinajstić information content (AvgIpc) is 2.60. The summed E-state index contributed by atoms with van der Waals surface area (Å²) in [5, 5.41) is 0. The molecule has 0 spiro atoms. The predicted molar refractivity (Wildman–Crippen MR) is 103 cm³/mol. The van der Waals surface area contributed by atoms with Gasteiger partial charge in [0.25, 0.3) is 0 Å². The van der Waals surface area contributed by atoms with Crippen molar-refractivity contribution in [3.63, 3.8) is 0 Å². The van der Waals surface area contributed by atoms with Crippen LogP contribution in [0.4, 0.5) is 4.79 Å². The highest BCUT2D eigenvalue weighted by atomic mass is 16.6. The molecule has 0 aromatic rings. The number of rotatable bonds is 6. The van der Waals surface area contributed by atoms with E-state index >= 15 is 0 Å². The average molecular weight is 385 g/mol. The van der Waals surface area contributed by atoms with E-state index in [1.165, 1.54) is 0 Å². The standard InChI is InChI=1S/C20H36N2O5/c1-5-25-18(23)14-21-12-9-17(10-13-21)26-15-16-8-6-7-11-22(16)19(24)27-20(2,3)4/h16-17H,5-15H2,1-4H3. The molecule has 0 bridgehead atoms. The number of hydrogen-bond donors (Lipinski definition) is 0. The lowest BCUT2D eigenvalue weighted by Gasteiger charge is -2.38. The van der Waals surface area contributed by atoms with Gasteiger partial charge in [-0.2, -0.15) is 0 Å². The van der Waals surface area contributed by atoms with Crippen LogP contribution < -0.4 is 0 Å². The predicted octanol–water partition coefficient (Wildman–Crippen LogP) is 2.82. The molecule has 2 aliphatic rings. The summed E-state index contributed by atoms with van der Waals surface area (Å²) in [6, 6.07) is 0.0890. The third-order valence-electron chi connectivity index (χ3n) is 4.97. The van der Waals surface area contributed by atoms with Gasteiger partial charge in [0.05, 0.1) is 31.9 Å². The minimum Gasteiger partial charge on any atom is -0.465 e. The van der Waals surface area contributed by atoms with Gasteiger partial charge in [0, 0.05) is 19.6 Å². The zero-order valence-electron chi connectivity index (χ0n) is 17.4. The van der Waals surface area contributed by atoms with Crippen LogP contribution in [0.3, 0.4) is 0 Å². The molecular weight excluding hydrogens is 348 g/mol. The molecule has 2 aliphatic heterocycles. The van der Waals surface area contributed by atoms with Crippen LogP contribution in [-0.4, -0.2) is 79.0 Å². The summed E-state index contributed by atoms with van der Waals surface area (Å²) < 4.78 is 16.7. The number of hydrogen-bond acceptors (Lipinski definition) is 6.